The van der Waals surface area contributed by atoms with Crippen molar-refractivity contribution in [3.8, 4) is 0 Å². The zero-order valence-electron chi connectivity index (χ0n) is 11.8. The molecule has 2 aromatic rings. The second-order valence-corrected chi connectivity index (χ2v) is 6.32. The summed E-state index contributed by atoms with van der Waals surface area (Å²) in [6.45, 7) is 2.27. The number of carboxylic acid groups (broad SMARTS) is 1. The number of hydrogen-bond acceptors (Lipinski definition) is 4. The molecule has 2 N–H and O–H groups in total. The lowest BCUT2D eigenvalue weighted by molar-refractivity contribution is -0.141. The molecular formula is C14H14FN3O3S. The van der Waals surface area contributed by atoms with Gasteiger partial charge in [-0.05, 0) is 25.0 Å². The summed E-state index contributed by atoms with van der Waals surface area (Å²) in [4.78, 5) is 28.7. The largest absolute Gasteiger partial charge is 0.481 e. The van der Waals surface area contributed by atoms with E-state index in [0.717, 1.165) is 4.70 Å². The van der Waals surface area contributed by atoms with E-state index >= 15 is 0 Å². The number of likely N-dealkylation sites (tertiary alicyclic amines) is 1. The summed E-state index contributed by atoms with van der Waals surface area (Å²) in [6, 6.07) is 2.65. The molecule has 1 aliphatic rings. The van der Waals surface area contributed by atoms with Crippen molar-refractivity contribution in [1.29, 1.82) is 0 Å². The number of thiazole rings is 1. The molecule has 116 valence electrons. The van der Waals surface area contributed by atoms with Gasteiger partial charge in [0.25, 0.3) is 0 Å². The number of carbonyl (C=O) groups is 2. The zero-order valence-corrected chi connectivity index (χ0v) is 12.6. The van der Waals surface area contributed by atoms with Gasteiger partial charge in [0.15, 0.2) is 5.13 Å². The highest BCUT2D eigenvalue weighted by atomic mass is 32.1. The molecule has 0 aliphatic carbocycles. The van der Waals surface area contributed by atoms with Crippen LogP contribution in [0.15, 0.2) is 12.1 Å². The fourth-order valence-corrected chi connectivity index (χ4v) is 3.36. The average molecular weight is 323 g/mol. The number of aromatic nitrogens is 1. The molecule has 0 saturated carbocycles. The van der Waals surface area contributed by atoms with Gasteiger partial charge in [0.05, 0.1) is 16.1 Å². The van der Waals surface area contributed by atoms with Gasteiger partial charge < -0.3 is 10.0 Å². The predicted molar refractivity (Wildman–Crippen MR) is 80.6 cm³/mol. The lowest BCUT2D eigenvalue weighted by Crippen LogP contribution is -2.33. The Morgan fingerprint density at radius 2 is 2.27 bits per heavy atom. The van der Waals surface area contributed by atoms with E-state index in [9.17, 15) is 14.0 Å². The van der Waals surface area contributed by atoms with Crippen LogP contribution in [0.4, 0.5) is 14.3 Å². The minimum absolute atomic E-state index is 0.194. The third kappa shape index (κ3) is 2.74. The second-order valence-electron chi connectivity index (χ2n) is 5.29. The highest BCUT2D eigenvalue weighted by Gasteiger charge is 2.31. The summed E-state index contributed by atoms with van der Waals surface area (Å²) in [5.74, 6) is -1.74. The Bertz CT molecular complexity index is 722. The Morgan fingerprint density at radius 1 is 1.50 bits per heavy atom. The lowest BCUT2D eigenvalue weighted by Gasteiger charge is -2.15. The number of urea groups is 1. The molecule has 6 nitrogen and oxygen atoms in total. The number of aryl methyl sites for hydroxylation is 1. The monoisotopic (exact) mass is 323 g/mol. The first kappa shape index (κ1) is 14.7. The molecule has 0 radical (unpaired) electrons. The number of hydrogen-bond donors (Lipinski definition) is 2. The molecule has 1 aromatic carbocycles. The molecule has 1 atom stereocenters. The van der Waals surface area contributed by atoms with Crippen LogP contribution in [0.5, 0.6) is 0 Å². The summed E-state index contributed by atoms with van der Waals surface area (Å²) >= 11 is 1.26. The van der Waals surface area contributed by atoms with E-state index in [4.69, 9.17) is 5.11 Å². The van der Waals surface area contributed by atoms with E-state index in [1.54, 1.807) is 13.0 Å². The van der Waals surface area contributed by atoms with Crippen molar-refractivity contribution in [3.05, 3.63) is 23.5 Å². The van der Waals surface area contributed by atoms with Gasteiger partial charge in [-0.1, -0.05) is 11.3 Å². The number of benzene rings is 1. The SMILES string of the molecule is Cc1cc2sc(NC(=O)N3CCC(C(=O)O)C3)nc2cc1F. The summed E-state index contributed by atoms with van der Waals surface area (Å²) in [5.41, 5.74) is 1.02. The summed E-state index contributed by atoms with van der Waals surface area (Å²) in [6.07, 6.45) is 0.451. The molecule has 1 aromatic heterocycles. The summed E-state index contributed by atoms with van der Waals surface area (Å²) < 4.78 is 14.3. The average Bonchev–Trinajstić information content (AvgIpc) is 3.06. The summed E-state index contributed by atoms with van der Waals surface area (Å²) in [7, 11) is 0. The van der Waals surface area contributed by atoms with E-state index < -0.39 is 11.9 Å². The molecule has 1 fully saturated rings. The molecule has 3 rings (SSSR count). The van der Waals surface area contributed by atoms with Crippen LogP contribution in [0.3, 0.4) is 0 Å². The number of carboxylic acids is 1. The number of fused-ring (bicyclic) bond motifs is 1. The Balaban J connectivity index is 1.73. The minimum atomic E-state index is -0.888. The van der Waals surface area contributed by atoms with Crippen LogP contribution >= 0.6 is 11.3 Å². The number of nitrogens with one attached hydrogen (secondary N) is 1. The van der Waals surface area contributed by atoms with Gasteiger partial charge in [-0.2, -0.15) is 0 Å². The van der Waals surface area contributed by atoms with Crippen LogP contribution in [-0.2, 0) is 4.79 Å². The lowest BCUT2D eigenvalue weighted by atomic mass is 10.1. The van der Waals surface area contributed by atoms with Crippen LogP contribution in [-0.4, -0.2) is 40.1 Å². The molecule has 0 bridgehead atoms. The van der Waals surface area contributed by atoms with Gasteiger partial charge in [0.1, 0.15) is 5.82 Å². The fourth-order valence-electron chi connectivity index (χ4n) is 2.42. The second kappa shape index (κ2) is 5.53. The van der Waals surface area contributed by atoms with Gasteiger partial charge in [0, 0.05) is 19.2 Å². The van der Waals surface area contributed by atoms with Crippen molar-refractivity contribution in [1.82, 2.24) is 9.88 Å². The number of halogens is 1. The summed E-state index contributed by atoms with van der Waals surface area (Å²) in [5, 5.41) is 12.0. The maximum Gasteiger partial charge on any atom is 0.323 e. The first-order chi connectivity index (χ1) is 10.4. The molecular weight excluding hydrogens is 309 g/mol. The molecule has 1 unspecified atom stereocenters. The molecule has 8 heteroatoms. The smallest absolute Gasteiger partial charge is 0.323 e. The first-order valence-corrected chi connectivity index (χ1v) is 7.61. The molecule has 2 amide bonds. The predicted octanol–water partition coefficient (Wildman–Crippen LogP) is 2.68. The number of carbonyl (C=O) groups excluding carboxylic acids is 1. The van der Waals surface area contributed by atoms with Gasteiger partial charge >= 0.3 is 12.0 Å². The number of anilines is 1. The van der Waals surface area contributed by atoms with E-state index in [1.807, 2.05) is 0 Å². The van der Waals surface area contributed by atoms with Crippen molar-refractivity contribution in [3.63, 3.8) is 0 Å². The molecule has 1 aliphatic heterocycles. The van der Waals surface area contributed by atoms with E-state index in [-0.39, 0.29) is 18.4 Å². The van der Waals surface area contributed by atoms with Crippen LogP contribution in [0, 0.1) is 18.7 Å². The van der Waals surface area contributed by atoms with Gasteiger partial charge in [-0.15, -0.1) is 0 Å². The van der Waals surface area contributed by atoms with E-state index in [2.05, 4.69) is 10.3 Å². The normalized spacial score (nSPS) is 17.9. The van der Waals surface area contributed by atoms with E-state index in [1.165, 1.54) is 22.3 Å². The third-order valence-electron chi connectivity index (χ3n) is 3.71. The Kier molecular flexibility index (Phi) is 3.69. The molecule has 1 saturated heterocycles. The van der Waals surface area contributed by atoms with Crippen molar-refractivity contribution < 1.29 is 19.1 Å². The van der Waals surface area contributed by atoms with Gasteiger partial charge in [0.2, 0.25) is 0 Å². The Hall–Kier alpha value is -2.22. The van der Waals surface area contributed by atoms with Crippen LogP contribution in [0.2, 0.25) is 0 Å². The van der Waals surface area contributed by atoms with Crippen LogP contribution in [0.1, 0.15) is 12.0 Å². The number of nitrogens with zero attached hydrogens (tertiary/aromatic N) is 2. The van der Waals surface area contributed by atoms with Crippen molar-refractivity contribution in [2.45, 2.75) is 13.3 Å². The first-order valence-electron chi connectivity index (χ1n) is 6.79. The van der Waals surface area contributed by atoms with Crippen LogP contribution < -0.4 is 5.32 Å². The fraction of sp³-hybridized carbons (Fsp3) is 0.357. The maximum absolute atomic E-state index is 13.5. The zero-order chi connectivity index (χ0) is 15.9. The maximum atomic E-state index is 13.5. The quantitative estimate of drug-likeness (QED) is 0.890. The number of rotatable bonds is 2. The van der Waals surface area contributed by atoms with Crippen molar-refractivity contribution >= 4 is 38.7 Å². The van der Waals surface area contributed by atoms with Gasteiger partial charge in [-0.3, -0.25) is 10.1 Å². The van der Waals surface area contributed by atoms with Gasteiger partial charge in [-0.25, -0.2) is 14.2 Å². The number of aliphatic carboxylic acids is 1. The standard InChI is InChI=1S/C14H14FN3O3S/c1-7-4-11-10(5-9(7)15)16-13(22-11)17-14(21)18-3-2-8(6-18)12(19)20/h4-5,8H,2-3,6H2,1H3,(H,19,20)(H,16,17,21). The Labute approximate surface area is 129 Å². The molecule has 22 heavy (non-hydrogen) atoms. The van der Waals surface area contributed by atoms with Crippen molar-refractivity contribution in [2.75, 3.05) is 18.4 Å². The minimum Gasteiger partial charge on any atom is -0.481 e. The van der Waals surface area contributed by atoms with Crippen LogP contribution in [0.25, 0.3) is 10.2 Å². The van der Waals surface area contributed by atoms with E-state index in [0.29, 0.717) is 29.2 Å². The van der Waals surface area contributed by atoms with Crippen molar-refractivity contribution in [2.24, 2.45) is 5.92 Å². The highest BCUT2D eigenvalue weighted by molar-refractivity contribution is 7.22. The molecule has 2 heterocycles. The molecule has 0 spiro atoms. The topological polar surface area (TPSA) is 82.5 Å². The highest BCUT2D eigenvalue weighted by Crippen LogP contribution is 2.28. The number of amides is 2. The third-order valence-corrected chi connectivity index (χ3v) is 4.64. The Morgan fingerprint density at radius 3 is 2.95 bits per heavy atom.